The Morgan fingerprint density at radius 2 is 1.54 bits per heavy atom. The first-order chi connectivity index (χ1) is 20.0. The molecule has 3 rings (SSSR count). The molecule has 9 nitrogen and oxygen atoms in total. The highest BCUT2D eigenvalue weighted by Gasteiger charge is 2.26. The second-order valence-electron chi connectivity index (χ2n) is 9.83. The first-order valence-corrected chi connectivity index (χ1v) is 14.9. The Morgan fingerprint density at radius 1 is 0.902 bits per heavy atom. The number of nitrogens with zero attached hydrogens (tertiary/aromatic N) is 2. The number of carbonyl (C=O) groups excluding carboxylic acids is 1. The molecule has 228 valence electrons. The van der Waals surface area contributed by atoms with Gasteiger partial charge >= 0.3 is 0 Å². The highest BCUT2D eigenvalue weighted by atomic mass is 35.5. The van der Waals surface area contributed by atoms with Crippen LogP contribution in [0.1, 0.15) is 30.0 Å². The number of halogens is 2. The number of likely N-dealkylation sites (N-methyl/N-ethyl adjacent to an activating group) is 1. The largest absolute Gasteiger partial charge is 0.383 e. The Kier molecular flexibility index (Phi) is 15.8. The molecule has 41 heavy (non-hydrogen) atoms. The zero-order chi connectivity index (χ0) is 29.3. The first kappa shape index (κ1) is 33.6. The van der Waals surface area contributed by atoms with E-state index >= 15 is 0 Å². The Balaban J connectivity index is 1.42. The van der Waals surface area contributed by atoms with Crippen LogP contribution in [0.15, 0.2) is 42.5 Å². The second-order valence-corrected chi connectivity index (χ2v) is 10.6. The number of benzene rings is 2. The number of rotatable bonds is 20. The zero-order valence-electron chi connectivity index (χ0n) is 24.1. The normalized spacial score (nSPS) is 14.3. The molecule has 0 spiro atoms. The SMILES string of the molecule is COOCCOCCOCCOCCNc1ccc([C@@H](CN2CCCC2)N(C)C(=O)Cc2ccc(Cl)c(Cl)c2)cc1. The van der Waals surface area contributed by atoms with Crippen molar-refractivity contribution in [2.75, 3.05) is 91.9 Å². The summed E-state index contributed by atoms with van der Waals surface area (Å²) >= 11 is 12.2. The molecule has 0 radical (unpaired) electrons. The molecule has 1 aliphatic rings. The van der Waals surface area contributed by atoms with Crippen LogP contribution in [0.4, 0.5) is 5.69 Å². The Bertz CT molecular complexity index is 1020. The first-order valence-electron chi connectivity index (χ1n) is 14.1. The lowest BCUT2D eigenvalue weighted by Gasteiger charge is -2.32. The van der Waals surface area contributed by atoms with E-state index in [4.69, 9.17) is 42.3 Å². The minimum absolute atomic E-state index is 0.0418. The summed E-state index contributed by atoms with van der Waals surface area (Å²) in [7, 11) is 3.35. The van der Waals surface area contributed by atoms with Gasteiger partial charge in [-0.05, 0) is 61.3 Å². The van der Waals surface area contributed by atoms with Crippen molar-refractivity contribution in [3.05, 3.63) is 63.6 Å². The molecule has 0 aliphatic carbocycles. The molecule has 1 saturated heterocycles. The van der Waals surface area contributed by atoms with Crippen LogP contribution in [-0.2, 0) is 35.2 Å². The number of likely N-dealkylation sites (tertiary alicyclic amines) is 1. The van der Waals surface area contributed by atoms with Crippen molar-refractivity contribution in [2.24, 2.45) is 0 Å². The predicted molar refractivity (Wildman–Crippen MR) is 162 cm³/mol. The molecule has 1 aliphatic heterocycles. The van der Waals surface area contributed by atoms with Gasteiger partial charge in [0.1, 0.15) is 6.61 Å². The lowest BCUT2D eigenvalue weighted by atomic mass is 10.0. The van der Waals surface area contributed by atoms with Crippen molar-refractivity contribution in [2.45, 2.75) is 25.3 Å². The van der Waals surface area contributed by atoms with E-state index in [0.717, 1.165) is 36.4 Å². The molecule has 0 saturated carbocycles. The fourth-order valence-corrected chi connectivity index (χ4v) is 4.91. The third-order valence-corrected chi connectivity index (χ3v) is 7.61. The van der Waals surface area contributed by atoms with Gasteiger partial charge in [0.2, 0.25) is 5.91 Å². The van der Waals surface area contributed by atoms with E-state index in [9.17, 15) is 4.79 Å². The maximum Gasteiger partial charge on any atom is 0.227 e. The van der Waals surface area contributed by atoms with Crippen LogP contribution in [0, 0.1) is 0 Å². The molecule has 0 unspecified atom stereocenters. The summed E-state index contributed by atoms with van der Waals surface area (Å²) < 4.78 is 16.5. The van der Waals surface area contributed by atoms with Gasteiger partial charge in [-0.15, -0.1) is 0 Å². The van der Waals surface area contributed by atoms with Crippen molar-refractivity contribution in [3.8, 4) is 0 Å². The minimum atomic E-state index is -0.0511. The molecule has 1 fully saturated rings. The molecular formula is C30H43Cl2N3O6. The van der Waals surface area contributed by atoms with Crippen LogP contribution in [0.2, 0.25) is 10.0 Å². The maximum absolute atomic E-state index is 13.3. The quantitative estimate of drug-likeness (QED) is 0.129. The molecule has 1 amide bonds. The Morgan fingerprint density at radius 3 is 2.17 bits per heavy atom. The van der Waals surface area contributed by atoms with E-state index in [0.29, 0.717) is 62.8 Å². The van der Waals surface area contributed by atoms with Crippen molar-refractivity contribution >= 4 is 34.8 Å². The smallest absolute Gasteiger partial charge is 0.227 e. The summed E-state index contributed by atoms with van der Waals surface area (Å²) in [5, 5.41) is 4.34. The van der Waals surface area contributed by atoms with Gasteiger partial charge < -0.3 is 29.3 Å². The molecular weight excluding hydrogens is 569 g/mol. The molecule has 2 aromatic carbocycles. The lowest BCUT2D eigenvalue weighted by molar-refractivity contribution is -0.277. The van der Waals surface area contributed by atoms with E-state index in [2.05, 4.69) is 39.4 Å². The molecule has 0 bridgehead atoms. The highest BCUT2D eigenvalue weighted by molar-refractivity contribution is 6.42. The van der Waals surface area contributed by atoms with Crippen LogP contribution in [0.3, 0.4) is 0 Å². The second kappa shape index (κ2) is 19.3. The average Bonchev–Trinajstić information content (AvgIpc) is 3.49. The third-order valence-electron chi connectivity index (χ3n) is 6.87. The lowest BCUT2D eigenvalue weighted by Crippen LogP contribution is -2.39. The van der Waals surface area contributed by atoms with Crippen LogP contribution < -0.4 is 5.32 Å². The van der Waals surface area contributed by atoms with Crippen molar-refractivity contribution in [3.63, 3.8) is 0 Å². The molecule has 1 N–H and O–H groups in total. The van der Waals surface area contributed by atoms with Crippen LogP contribution in [0.5, 0.6) is 0 Å². The summed E-state index contributed by atoms with van der Waals surface area (Å²) in [4.78, 5) is 26.8. The van der Waals surface area contributed by atoms with Gasteiger partial charge in [-0.2, -0.15) is 0 Å². The van der Waals surface area contributed by atoms with E-state index in [1.807, 2.05) is 18.0 Å². The fraction of sp³-hybridized carbons (Fsp3) is 0.567. The third kappa shape index (κ3) is 12.4. The molecule has 0 aromatic heterocycles. The minimum Gasteiger partial charge on any atom is -0.383 e. The van der Waals surface area contributed by atoms with E-state index < -0.39 is 0 Å². The summed E-state index contributed by atoms with van der Waals surface area (Å²) in [6.07, 6.45) is 2.67. The summed E-state index contributed by atoms with van der Waals surface area (Å²) in [6, 6.07) is 13.6. The van der Waals surface area contributed by atoms with Gasteiger partial charge in [0, 0.05) is 25.8 Å². The molecule has 11 heteroatoms. The summed E-state index contributed by atoms with van der Waals surface area (Å²) in [5.74, 6) is 0.0418. The van der Waals surface area contributed by atoms with E-state index in [1.165, 1.54) is 20.0 Å². The highest BCUT2D eigenvalue weighted by Crippen LogP contribution is 2.27. The van der Waals surface area contributed by atoms with E-state index in [-0.39, 0.29) is 18.4 Å². The van der Waals surface area contributed by atoms with Crippen molar-refractivity contribution in [1.82, 2.24) is 9.80 Å². The van der Waals surface area contributed by atoms with E-state index in [1.54, 1.807) is 12.1 Å². The van der Waals surface area contributed by atoms with Crippen molar-refractivity contribution < 1.29 is 28.8 Å². The van der Waals surface area contributed by atoms with Crippen LogP contribution in [0.25, 0.3) is 0 Å². The van der Waals surface area contributed by atoms with Gasteiger partial charge in [-0.25, -0.2) is 9.78 Å². The number of hydrogen-bond acceptors (Lipinski definition) is 8. The number of carbonyl (C=O) groups is 1. The fourth-order valence-electron chi connectivity index (χ4n) is 4.59. The topological polar surface area (TPSA) is 81.7 Å². The maximum atomic E-state index is 13.3. The Hall–Kier alpha value is -1.95. The van der Waals surface area contributed by atoms with Gasteiger partial charge in [-0.3, -0.25) is 4.79 Å². The Labute approximate surface area is 253 Å². The van der Waals surface area contributed by atoms with Gasteiger partial charge in [0.15, 0.2) is 0 Å². The standard InChI is InChI=1S/C30H43Cl2N3O6/c1-34(30(36)22-24-5-10-27(31)28(32)21-24)29(23-35-12-3-4-13-35)25-6-8-26(9-7-25)33-11-14-38-15-16-39-17-18-40-19-20-41-37-2/h5-10,21,29,33H,3-4,11-20,22-23H2,1-2H3/t29-/m1/s1. The summed E-state index contributed by atoms with van der Waals surface area (Å²) in [6.45, 7) is 7.10. The molecule has 1 atom stereocenters. The molecule has 1 heterocycles. The number of nitrogens with one attached hydrogen (secondary N) is 1. The number of amides is 1. The van der Waals surface area contributed by atoms with Crippen molar-refractivity contribution in [1.29, 1.82) is 0 Å². The molecule has 2 aromatic rings. The monoisotopic (exact) mass is 611 g/mol. The number of hydrogen-bond donors (Lipinski definition) is 1. The zero-order valence-corrected chi connectivity index (χ0v) is 25.6. The van der Waals surface area contributed by atoms with Gasteiger partial charge in [0.05, 0.1) is 69.3 Å². The van der Waals surface area contributed by atoms with Gasteiger partial charge in [-0.1, -0.05) is 41.4 Å². The number of anilines is 1. The average molecular weight is 613 g/mol. The predicted octanol–water partition coefficient (Wildman–Crippen LogP) is 4.87. The van der Waals surface area contributed by atoms with Gasteiger partial charge in [0.25, 0.3) is 0 Å². The van der Waals surface area contributed by atoms with Crippen LogP contribution in [-0.4, -0.2) is 102 Å². The number of ether oxygens (including phenoxy) is 3. The summed E-state index contributed by atoms with van der Waals surface area (Å²) in [5.41, 5.74) is 2.96. The van der Waals surface area contributed by atoms with Crippen LogP contribution >= 0.6 is 23.2 Å².